The Labute approximate surface area is 173 Å². The second kappa shape index (κ2) is 10.9. The second-order valence-electron chi connectivity index (χ2n) is 8.53. The van der Waals surface area contributed by atoms with E-state index in [1.165, 1.54) is 27.9 Å². The van der Waals surface area contributed by atoms with E-state index in [9.17, 15) is 14.4 Å². The standard InChI is InChI=1S/C20H34O8Si/c1-12(11-29(6,7)8)9-10-16-17(25-13(2)21)18(26-14(3)22)19(27-15(4)23)20(24-5)28-16/h16-20H,1,9-11H2,2-8H3. The minimum atomic E-state index is -1.31. The normalized spacial score (nSPS) is 27.1. The molecule has 9 heteroatoms. The van der Waals surface area contributed by atoms with Crippen molar-refractivity contribution in [3.05, 3.63) is 12.2 Å². The van der Waals surface area contributed by atoms with Crippen molar-refractivity contribution in [2.24, 2.45) is 0 Å². The summed E-state index contributed by atoms with van der Waals surface area (Å²) >= 11 is 0. The van der Waals surface area contributed by atoms with Gasteiger partial charge in [0.25, 0.3) is 0 Å². The van der Waals surface area contributed by atoms with Gasteiger partial charge in [-0.05, 0) is 18.9 Å². The molecule has 1 aliphatic rings. The monoisotopic (exact) mass is 430 g/mol. The molecule has 8 nitrogen and oxygen atoms in total. The number of hydrogen-bond donors (Lipinski definition) is 0. The van der Waals surface area contributed by atoms with Gasteiger partial charge in [0.2, 0.25) is 0 Å². The smallest absolute Gasteiger partial charge is 0.303 e. The molecule has 1 aliphatic heterocycles. The van der Waals surface area contributed by atoms with Crippen molar-refractivity contribution in [1.29, 1.82) is 0 Å². The first-order valence-corrected chi connectivity index (χ1v) is 13.4. The number of rotatable bonds is 9. The fraction of sp³-hybridized carbons (Fsp3) is 0.750. The molecule has 0 amide bonds. The molecule has 0 spiro atoms. The van der Waals surface area contributed by atoms with Gasteiger partial charge < -0.3 is 23.7 Å². The highest BCUT2D eigenvalue weighted by atomic mass is 28.3. The molecule has 5 unspecified atom stereocenters. The van der Waals surface area contributed by atoms with E-state index in [0.717, 1.165) is 11.6 Å². The van der Waals surface area contributed by atoms with Gasteiger partial charge in [-0.2, -0.15) is 0 Å². The third kappa shape index (κ3) is 8.67. The van der Waals surface area contributed by atoms with Crippen LogP contribution >= 0.6 is 0 Å². The van der Waals surface area contributed by atoms with Crippen molar-refractivity contribution in [1.82, 2.24) is 0 Å². The molecule has 166 valence electrons. The molecule has 1 heterocycles. The van der Waals surface area contributed by atoms with E-state index in [1.54, 1.807) is 0 Å². The van der Waals surface area contributed by atoms with Crippen LogP contribution in [0.25, 0.3) is 0 Å². The Morgan fingerprint density at radius 2 is 1.38 bits per heavy atom. The average molecular weight is 431 g/mol. The summed E-state index contributed by atoms with van der Waals surface area (Å²) in [6, 6.07) is 0.967. The molecule has 0 bridgehead atoms. The quantitative estimate of drug-likeness (QED) is 0.238. The predicted molar refractivity (Wildman–Crippen MR) is 109 cm³/mol. The number of carbonyl (C=O) groups is 3. The van der Waals surface area contributed by atoms with E-state index < -0.39 is 56.7 Å². The van der Waals surface area contributed by atoms with Crippen molar-refractivity contribution < 1.29 is 38.1 Å². The molecule has 0 saturated carbocycles. The number of methoxy groups -OCH3 is 1. The van der Waals surface area contributed by atoms with Crippen molar-refractivity contribution in [2.45, 2.75) is 90.0 Å². The highest BCUT2D eigenvalue weighted by Crippen LogP contribution is 2.32. The number of allylic oxidation sites excluding steroid dienone is 1. The molecule has 0 aliphatic carbocycles. The van der Waals surface area contributed by atoms with Crippen LogP contribution < -0.4 is 0 Å². The van der Waals surface area contributed by atoms with Crippen molar-refractivity contribution in [2.75, 3.05) is 7.11 Å². The first kappa shape index (κ1) is 25.3. The minimum absolute atomic E-state index is 0.492. The van der Waals surface area contributed by atoms with E-state index in [1.807, 2.05) is 0 Å². The van der Waals surface area contributed by atoms with Gasteiger partial charge in [-0.25, -0.2) is 0 Å². The van der Waals surface area contributed by atoms with Crippen LogP contribution in [0.1, 0.15) is 33.6 Å². The summed E-state index contributed by atoms with van der Waals surface area (Å²) in [5.74, 6) is -1.75. The van der Waals surface area contributed by atoms with Crippen LogP contribution in [0, 0.1) is 0 Å². The zero-order valence-corrected chi connectivity index (χ0v) is 19.5. The largest absolute Gasteiger partial charge is 0.456 e. The Hall–Kier alpha value is -1.71. The summed E-state index contributed by atoms with van der Waals surface area (Å²) in [6.07, 6.45) is -3.48. The van der Waals surface area contributed by atoms with Crippen LogP contribution in [-0.4, -0.2) is 63.8 Å². The fourth-order valence-electron chi connectivity index (χ4n) is 3.46. The Morgan fingerprint density at radius 3 is 1.83 bits per heavy atom. The molecular weight excluding hydrogens is 396 g/mol. The first-order valence-electron chi connectivity index (χ1n) is 9.70. The second-order valence-corrected chi connectivity index (χ2v) is 14.0. The summed E-state index contributed by atoms with van der Waals surface area (Å²) in [6.45, 7) is 14.7. The zero-order chi connectivity index (χ0) is 22.4. The highest BCUT2D eigenvalue weighted by Gasteiger charge is 2.51. The Kier molecular flexibility index (Phi) is 9.51. The summed E-state index contributed by atoms with van der Waals surface area (Å²) < 4.78 is 27.4. The molecule has 0 aromatic carbocycles. The van der Waals surface area contributed by atoms with E-state index in [2.05, 4.69) is 26.2 Å². The summed E-state index contributed by atoms with van der Waals surface area (Å²) in [5, 5.41) is 0. The molecule has 0 aromatic heterocycles. The lowest BCUT2D eigenvalue weighted by molar-refractivity contribution is -0.298. The molecule has 0 aromatic rings. The minimum Gasteiger partial charge on any atom is -0.456 e. The van der Waals surface area contributed by atoms with E-state index in [0.29, 0.717) is 12.8 Å². The van der Waals surface area contributed by atoms with Gasteiger partial charge >= 0.3 is 17.9 Å². The van der Waals surface area contributed by atoms with Gasteiger partial charge in [0, 0.05) is 36.0 Å². The Morgan fingerprint density at radius 1 is 0.897 bits per heavy atom. The molecule has 1 fully saturated rings. The number of carbonyl (C=O) groups excluding carboxylic acids is 3. The first-order chi connectivity index (χ1) is 13.3. The van der Waals surface area contributed by atoms with Crippen LogP contribution in [0.2, 0.25) is 25.7 Å². The van der Waals surface area contributed by atoms with Gasteiger partial charge in [-0.3, -0.25) is 14.4 Å². The molecule has 0 radical (unpaired) electrons. The molecule has 1 rings (SSSR count). The fourth-order valence-corrected chi connectivity index (χ4v) is 5.14. The summed E-state index contributed by atoms with van der Waals surface area (Å²) in [7, 11) is 0.0896. The van der Waals surface area contributed by atoms with Gasteiger partial charge in [-0.1, -0.05) is 25.2 Å². The van der Waals surface area contributed by atoms with Crippen LogP contribution in [-0.2, 0) is 38.1 Å². The molecule has 0 N–H and O–H groups in total. The maximum Gasteiger partial charge on any atom is 0.303 e. The number of esters is 3. The van der Waals surface area contributed by atoms with Gasteiger partial charge in [0.15, 0.2) is 24.6 Å². The van der Waals surface area contributed by atoms with Gasteiger partial charge in [0.1, 0.15) is 6.10 Å². The van der Waals surface area contributed by atoms with Gasteiger partial charge in [0.05, 0.1) is 0 Å². The van der Waals surface area contributed by atoms with Crippen LogP contribution in [0.15, 0.2) is 12.2 Å². The SMILES string of the molecule is C=C(CCC1OC(OC)C(OC(C)=O)C(OC(C)=O)C1OC(C)=O)C[Si](C)(C)C. The summed E-state index contributed by atoms with van der Waals surface area (Å²) in [5.41, 5.74) is 1.09. The lowest BCUT2D eigenvalue weighted by Gasteiger charge is -2.44. The highest BCUT2D eigenvalue weighted by molar-refractivity contribution is 6.76. The van der Waals surface area contributed by atoms with Crippen molar-refractivity contribution in [3.8, 4) is 0 Å². The molecular formula is C20H34O8Si. The Bertz CT molecular complexity index is 612. The maximum atomic E-state index is 11.7. The van der Waals surface area contributed by atoms with E-state index >= 15 is 0 Å². The van der Waals surface area contributed by atoms with Crippen LogP contribution in [0.4, 0.5) is 0 Å². The Balaban J connectivity index is 3.11. The van der Waals surface area contributed by atoms with E-state index in [-0.39, 0.29) is 0 Å². The van der Waals surface area contributed by atoms with Gasteiger partial charge in [-0.15, -0.1) is 6.58 Å². The van der Waals surface area contributed by atoms with Crippen molar-refractivity contribution >= 4 is 26.0 Å². The third-order valence-electron chi connectivity index (χ3n) is 4.29. The summed E-state index contributed by atoms with van der Waals surface area (Å²) in [4.78, 5) is 35.0. The maximum absolute atomic E-state index is 11.7. The molecule has 1 saturated heterocycles. The lowest BCUT2D eigenvalue weighted by atomic mass is 9.94. The average Bonchev–Trinajstić information content (AvgIpc) is 2.54. The van der Waals surface area contributed by atoms with Crippen LogP contribution in [0.3, 0.4) is 0 Å². The third-order valence-corrected chi connectivity index (χ3v) is 5.85. The molecule has 5 atom stereocenters. The van der Waals surface area contributed by atoms with E-state index in [4.69, 9.17) is 23.7 Å². The number of hydrogen-bond acceptors (Lipinski definition) is 8. The lowest BCUT2D eigenvalue weighted by Crippen LogP contribution is -2.61. The van der Waals surface area contributed by atoms with Crippen molar-refractivity contribution in [3.63, 3.8) is 0 Å². The predicted octanol–water partition coefficient (Wildman–Crippen LogP) is 2.83. The van der Waals surface area contributed by atoms with Crippen LogP contribution in [0.5, 0.6) is 0 Å². The molecule has 29 heavy (non-hydrogen) atoms. The zero-order valence-electron chi connectivity index (χ0n) is 18.5. The topological polar surface area (TPSA) is 97.4 Å². The number of ether oxygens (including phenoxy) is 5.